The first kappa shape index (κ1) is 33.1. The maximum Gasteiger partial charge on any atom is 0.326 e. The number of carboxylic acids is 2. The van der Waals surface area contributed by atoms with Crippen molar-refractivity contribution in [3.05, 3.63) is 54.2 Å². The predicted octanol–water partition coefficient (Wildman–Crippen LogP) is -1.93. The second-order valence-corrected chi connectivity index (χ2v) is 10.0. The van der Waals surface area contributed by atoms with Crippen molar-refractivity contribution in [2.45, 2.75) is 56.3 Å². The molecule has 3 aromatic rings. The van der Waals surface area contributed by atoms with E-state index in [4.69, 9.17) is 22.3 Å². The zero-order chi connectivity index (χ0) is 32.2. The number of amides is 3. The summed E-state index contributed by atoms with van der Waals surface area (Å²) in [5.41, 5.74) is 18.5. The second kappa shape index (κ2) is 15.7. The van der Waals surface area contributed by atoms with E-state index in [0.717, 1.165) is 10.9 Å². The van der Waals surface area contributed by atoms with E-state index < -0.39 is 60.2 Å². The van der Waals surface area contributed by atoms with Gasteiger partial charge in [-0.25, -0.2) is 9.78 Å². The van der Waals surface area contributed by atoms with E-state index in [0.29, 0.717) is 17.7 Å². The van der Waals surface area contributed by atoms with Crippen molar-refractivity contribution in [3.8, 4) is 0 Å². The van der Waals surface area contributed by atoms with Crippen molar-refractivity contribution in [2.24, 2.45) is 22.2 Å². The van der Waals surface area contributed by atoms with Gasteiger partial charge in [-0.3, -0.25) is 24.2 Å². The van der Waals surface area contributed by atoms with Crippen LogP contribution in [0.1, 0.15) is 30.5 Å². The number of fused-ring (bicyclic) bond motifs is 1. The lowest BCUT2D eigenvalue weighted by Crippen LogP contribution is -2.58. The Labute approximate surface area is 251 Å². The fourth-order valence-electron chi connectivity index (χ4n) is 4.40. The number of imidazole rings is 1. The molecule has 0 saturated carbocycles. The van der Waals surface area contributed by atoms with Crippen molar-refractivity contribution >= 4 is 46.5 Å². The second-order valence-electron chi connectivity index (χ2n) is 10.0. The van der Waals surface area contributed by atoms with Gasteiger partial charge in [0.2, 0.25) is 17.7 Å². The van der Waals surface area contributed by atoms with Crippen molar-refractivity contribution < 1.29 is 34.2 Å². The first-order chi connectivity index (χ1) is 20.9. The molecule has 0 fully saturated rings. The minimum Gasteiger partial charge on any atom is -0.481 e. The summed E-state index contributed by atoms with van der Waals surface area (Å²) in [6.45, 7) is 0.255. The smallest absolute Gasteiger partial charge is 0.326 e. The number of nitrogens with one attached hydrogen (secondary N) is 5. The number of hydrogen-bond donors (Lipinski definition) is 10. The number of benzene rings is 1. The van der Waals surface area contributed by atoms with Crippen LogP contribution in [0.15, 0.2) is 48.0 Å². The summed E-state index contributed by atoms with van der Waals surface area (Å²) in [4.78, 5) is 76.4. The zero-order valence-electron chi connectivity index (χ0n) is 23.7. The number of rotatable bonds is 17. The maximum absolute atomic E-state index is 13.6. The molecule has 236 valence electrons. The number of carbonyl (C=O) groups is 5. The summed E-state index contributed by atoms with van der Waals surface area (Å²) in [6, 6.07) is 1.89. The van der Waals surface area contributed by atoms with E-state index in [1.54, 1.807) is 18.3 Å². The molecule has 44 heavy (non-hydrogen) atoms. The normalized spacial score (nSPS) is 13.7. The predicted molar refractivity (Wildman–Crippen MR) is 158 cm³/mol. The largest absolute Gasteiger partial charge is 0.481 e. The van der Waals surface area contributed by atoms with Crippen LogP contribution < -0.4 is 33.2 Å². The SMILES string of the molecule is NC(N)=NCCCC(N)C(=O)NC(Cc1cnc[nH]1)C(=O)NC(Cc1c[nH]c2ccccc12)C(=O)NC(CC(=O)O)C(=O)O. The average molecular weight is 613 g/mol. The maximum atomic E-state index is 13.6. The topological polar surface area (TPSA) is 297 Å². The number of aliphatic imine (C=N–C) groups is 1. The number of nitrogens with two attached hydrogens (primary N) is 3. The van der Waals surface area contributed by atoms with Crippen LogP contribution in [0, 0.1) is 0 Å². The summed E-state index contributed by atoms with van der Waals surface area (Å²) in [5.74, 6) is -5.43. The first-order valence-corrected chi connectivity index (χ1v) is 13.6. The molecule has 0 bridgehead atoms. The molecule has 0 radical (unpaired) electrons. The van der Waals surface area contributed by atoms with Gasteiger partial charge in [0.25, 0.3) is 0 Å². The lowest BCUT2D eigenvalue weighted by molar-refractivity contribution is -0.147. The molecule has 0 saturated heterocycles. The van der Waals surface area contributed by atoms with Crippen LogP contribution in [0.4, 0.5) is 0 Å². The minimum atomic E-state index is -1.75. The number of hydrogen-bond acceptors (Lipinski definition) is 8. The van der Waals surface area contributed by atoms with Crippen molar-refractivity contribution in [2.75, 3.05) is 6.54 Å². The van der Waals surface area contributed by atoms with Gasteiger partial charge in [0.05, 0.1) is 18.8 Å². The monoisotopic (exact) mass is 612 g/mol. The number of carbonyl (C=O) groups excluding carboxylic acids is 3. The number of nitrogens with zero attached hydrogens (tertiary/aromatic N) is 2. The van der Waals surface area contributed by atoms with Gasteiger partial charge in [0, 0.05) is 48.4 Å². The van der Waals surface area contributed by atoms with Crippen LogP contribution in [-0.2, 0) is 36.8 Å². The van der Waals surface area contributed by atoms with E-state index in [-0.39, 0.29) is 31.8 Å². The molecule has 0 aliphatic carbocycles. The van der Waals surface area contributed by atoms with Gasteiger partial charge in [-0.2, -0.15) is 0 Å². The molecule has 1 aromatic carbocycles. The Morgan fingerprint density at radius 2 is 1.57 bits per heavy atom. The molecule has 0 aliphatic heterocycles. The van der Waals surface area contributed by atoms with Crippen LogP contribution >= 0.6 is 0 Å². The molecule has 4 unspecified atom stereocenters. The number of H-pyrrole nitrogens is 2. The average Bonchev–Trinajstić information content (AvgIpc) is 3.63. The van der Waals surface area contributed by atoms with Crippen LogP contribution in [0.2, 0.25) is 0 Å². The molecule has 4 atom stereocenters. The molecule has 17 heteroatoms. The number of aromatic amines is 2. The van der Waals surface area contributed by atoms with Crippen LogP contribution in [-0.4, -0.2) is 91.5 Å². The number of para-hydroxylation sites is 1. The lowest BCUT2D eigenvalue weighted by atomic mass is 10.0. The van der Waals surface area contributed by atoms with E-state index in [9.17, 15) is 29.1 Å². The van der Waals surface area contributed by atoms with Crippen molar-refractivity contribution in [3.63, 3.8) is 0 Å². The van der Waals surface area contributed by atoms with Crippen LogP contribution in [0.3, 0.4) is 0 Å². The molecular weight excluding hydrogens is 576 g/mol. The van der Waals surface area contributed by atoms with Crippen LogP contribution in [0.5, 0.6) is 0 Å². The quantitative estimate of drug-likeness (QED) is 0.0455. The van der Waals surface area contributed by atoms with Gasteiger partial charge >= 0.3 is 11.9 Å². The molecule has 2 heterocycles. The summed E-state index contributed by atoms with van der Waals surface area (Å²) in [6.07, 6.45) is 4.10. The van der Waals surface area contributed by atoms with E-state index in [2.05, 4.69) is 35.9 Å². The summed E-state index contributed by atoms with van der Waals surface area (Å²) >= 11 is 0. The van der Waals surface area contributed by atoms with E-state index in [1.807, 2.05) is 12.1 Å². The Morgan fingerprint density at radius 1 is 0.909 bits per heavy atom. The highest BCUT2D eigenvalue weighted by atomic mass is 16.4. The van der Waals surface area contributed by atoms with Gasteiger partial charge in [-0.05, 0) is 24.5 Å². The van der Waals surface area contributed by atoms with Gasteiger partial charge in [-0.1, -0.05) is 18.2 Å². The number of carboxylic acid groups (broad SMARTS) is 2. The van der Waals surface area contributed by atoms with Crippen molar-refractivity contribution in [1.29, 1.82) is 0 Å². The standard InChI is InChI=1S/C27H36N10O7/c28-17(5-3-7-32-27(29)30)23(40)35-20(9-15-12-31-13-34-15)25(42)36-19(24(41)37-21(26(43)44)10-22(38)39)8-14-11-33-18-6-2-1-4-16(14)18/h1-2,4,6,11-13,17,19-21,33H,3,5,7-10,28H2,(H,31,34)(H,35,40)(H,36,42)(H,37,41)(H,38,39)(H,43,44)(H4,29,30,32). The Bertz CT molecular complexity index is 1480. The van der Waals surface area contributed by atoms with Gasteiger partial charge in [0.1, 0.15) is 18.1 Å². The molecule has 3 rings (SSSR count). The number of aliphatic carboxylic acids is 2. The molecular formula is C27H36N10O7. The summed E-state index contributed by atoms with van der Waals surface area (Å²) in [7, 11) is 0. The summed E-state index contributed by atoms with van der Waals surface area (Å²) in [5, 5.41) is 26.7. The Hall–Kier alpha value is -5.45. The zero-order valence-corrected chi connectivity index (χ0v) is 23.7. The molecule has 2 aromatic heterocycles. The third-order valence-corrected chi connectivity index (χ3v) is 6.64. The fraction of sp³-hybridized carbons (Fsp3) is 0.370. The first-order valence-electron chi connectivity index (χ1n) is 13.6. The van der Waals surface area contributed by atoms with Gasteiger partial charge < -0.3 is 53.3 Å². The summed E-state index contributed by atoms with van der Waals surface area (Å²) < 4.78 is 0. The van der Waals surface area contributed by atoms with Crippen LogP contribution in [0.25, 0.3) is 10.9 Å². The number of guanidine groups is 1. The molecule has 13 N–H and O–H groups in total. The van der Waals surface area contributed by atoms with E-state index >= 15 is 0 Å². The van der Waals surface area contributed by atoms with Crippen molar-refractivity contribution in [1.82, 2.24) is 30.9 Å². The third kappa shape index (κ3) is 9.83. The lowest BCUT2D eigenvalue weighted by Gasteiger charge is -2.25. The number of aromatic nitrogens is 3. The Morgan fingerprint density at radius 3 is 2.20 bits per heavy atom. The van der Waals surface area contributed by atoms with E-state index in [1.165, 1.54) is 12.5 Å². The Kier molecular flexibility index (Phi) is 11.8. The third-order valence-electron chi connectivity index (χ3n) is 6.64. The molecule has 0 spiro atoms. The molecule has 17 nitrogen and oxygen atoms in total. The highest BCUT2D eigenvalue weighted by molar-refractivity contribution is 5.95. The van der Waals surface area contributed by atoms with Gasteiger partial charge in [-0.15, -0.1) is 0 Å². The molecule has 3 amide bonds. The highest BCUT2D eigenvalue weighted by Crippen LogP contribution is 2.19. The highest BCUT2D eigenvalue weighted by Gasteiger charge is 2.32. The molecule has 0 aliphatic rings. The Balaban J connectivity index is 1.83. The fourth-order valence-corrected chi connectivity index (χ4v) is 4.40. The minimum absolute atomic E-state index is 0.0452. The van der Waals surface area contributed by atoms with Gasteiger partial charge in [0.15, 0.2) is 5.96 Å².